The molecule has 1 N–H and O–H groups in total. The molecule has 0 radical (unpaired) electrons. The van der Waals surface area contributed by atoms with Gasteiger partial charge in [0.2, 0.25) is 5.91 Å². The maximum Gasteiger partial charge on any atom is 0.337 e. The van der Waals surface area contributed by atoms with Gasteiger partial charge >= 0.3 is 5.97 Å². The van der Waals surface area contributed by atoms with Crippen molar-refractivity contribution in [1.29, 1.82) is 0 Å². The Bertz CT molecular complexity index is 763. The average molecular weight is 309 g/mol. The Morgan fingerprint density at radius 1 is 1.09 bits per heavy atom. The predicted molar refractivity (Wildman–Crippen MR) is 91.4 cm³/mol. The zero-order chi connectivity index (χ0) is 16.8. The molecule has 2 aromatic rings. The van der Waals surface area contributed by atoms with Gasteiger partial charge in [-0.1, -0.05) is 35.9 Å². The molecule has 2 aromatic carbocycles. The van der Waals surface area contributed by atoms with Gasteiger partial charge in [-0.2, -0.15) is 0 Å². The third kappa shape index (κ3) is 4.54. The lowest BCUT2D eigenvalue weighted by molar-refractivity contribution is -0.111. The van der Waals surface area contributed by atoms with E-state index in [1.165, 1.54) is 13.2 Å². The summed E-state index contributed by atoms with van der Waals surface area (Å²) in [5.41, 5.74) is 3.95. The highest BCUT2D eigenvalue weighted by Gasteiger charge is 2.09. The van der Waals surface area contributed by atoms with Crippen LogP contribution < -0.4 is 5.32 Å². The maximum absolute atomic E-state index is 12.1. The number of methoxy groups -OCH3 is 1. The van der Waals surface area contributed by atoms with Gasteiger partial charge in [0, 0.05) is 11.8 Å². The number of esters is 1. The molecule has 0 bridgehead atoms. The van der Waals surface area contributed by atoms with E-state index in [0.717, 1.165) is 16.7 Å². The van der Waals surface area contributed by atoms with Gasteiger partial charge in [0.25, 0.3) is 0 Å². The summed E-state index contributed by atoms with van der Waals surface area (Å²) < 4.78 is 4.69. The van der Waals surface area contributed by atoms with E-state index in [1.807, 2.05) is 38.1 Å². The SMILES string of the molecule is COC(=O)c1ccc(C)c(NC(=O)/C=C/c2cccc(C)c2)c1. The highest BCUT2D eigenvalue weighted by molar-refractivity contribution is 6.03. The number of aryl methyl sites for hydroxylation is 2. The molecule has 4 nitrogen and oxygen atoms in total. The Kier molecular flexibility index (Phi) is 5.31. The molecule has 0 heterocycles. The average Bonchev–Trinajstić information content (AvgIpc) is 2.54. The van der Waals surface area contributed by atoms with Crippen LogP contribution in [0.3, 0.4) is 0 Å². The van der Waals surface area contributed by atoms with Crippen molar-refractivity contribution < 1.29 is 14.3 Å². The van der Waals surface area contributed by atoms with Crippen LogP contribution in [-0.4, -0.2) is 19.0 Å². The number of carbonyl (C=O) groups excluding carboxylic acids is 2. The summed E-state index contributed by atoms with van der Waals surface area (Å²) in [6, 6.07) is 12.9. The molecule has 0 saturated carbocycles. The number of carbonyl (C=O) groups is 2. The molecular formula is C19H19NO3. The van der Waals surface area contributed by atoms with Crippen LogP contribution in [0.2, 0.25) is 0 Å². The first kappa shape index (κ1) is 16.5. The predicted octanol–water partition coefficient (Wildman–Crippen LogP) is 3.74. The second kappa shape index (κ2) is 7.40. The Morgan fingerprint density at radius 3 is 2.57 bits per heavy atom. The molecule has 0 atom stereocenters. The normalized spacial score (nSPS) is 10.6. The Labute approximate surface area is 135 Å². The monoisotopic (exact) mass is 309 g/mol. The van der Waals surface area contributed by atoms with Crippen molar-refractivity contribution in [3.63, 3.8) is 0 Å². The first-order chi connectivity index (χ1) is 11.0. The summed E-state index contributed by atoms with van der Waals surface area (Å²) in [6.07, 6.45) is 3.22. The molecular weight excluding hydrogens is 290 g/mol. The summed E-state index contributed by atoms with van der Waals surface area (Å²) in [4.78, 5) is 23.6. The molecule has 0 fully saturated rings. The largest absolute Gasteiger partial charge is 0.465 e. The lowest BCUT2D eigenvalue weighted by Crippen LogP contribution is -2.10. The van der Waals surface area contributed by atoms with Gasteiger partial charge in [-0.05, 0) is 43.2 Å². The molecule has 0 aliphatic carbocycles. The van der Waals surface area contributed by atoms with E-state index >= 15 is 0 Å². The number of nitrogens with one attached hydrogen (secondary N) is 1. The smallest absolute Gasteiger partial charge is 0.337 e. The molecule has 0 spiro atoms. The van der Waals surface area contributed by atoms with E-state index in [0.29, 0.717) is 11.3 Å². The van der Waals surface area contributed by atoms with Gasteiger partial charge in [0.1, 0.15) is 0 Å². The number of hydrogen-bond acceptors (Lipinski definition) is 3. The number of benzene rings is 2. The van der Waals surface area contributed by atoms with Crippen molar-refractivity contribution in [2.45, 2.75) is 13.8 Å². The molecule has 0 aromatic heterocycles. The van der Waals surface area contributed by atoms with Gasteiger partial charge in [0.15, 0.2) is 0 Å². The second-order valence-corrected chi connectivity index (χ2v) is 5.26. The molecule has 118 valence electrons. The summed E-state index contributed by atoms with van der Waals surface area (Å²) in [5.74, 6) is -0.688. The molecule has 0 unspecified atom stereocenters. The fourth-order valence-corrected chi connectivity index (χ4v) is 2.12. The zero-order valence-corrected chi connectivity index (χ0v) is 13.4. The van der Waals surface area contributed by atoms with Gasteiger partial charge in [-0.3, -0.25) is 4.79 Å². The third-order valence-electron chi connectivity index (χ3n) is 3.39. The van der Waals surface area contributed by atoms with Crippen LogP contribution in [-0.2, 0) is 9.53 Å². The highest BCUT2D eigenvalue weighted by atomic mass is 16.5. The highest BCUT2D eigenvalue weighted by Crippen LogP contribution is 2.17. The van der Waals surface area contributed by atoms with Crippen molar-refractivity contribution in [3.05, 3.63) is 70.8 Å². The summed E-state index contributed by atoms with van der Waals surface area (Å²) >= 11 is 0. The van der Waals surface area contributed by atoms with Crippen LogP contribution in [0.5, 0.6) is 0 Å². The first-order valence-corrected chi connectivity index (χ1v) is 7.24. The minimum Gasteiger partial charge on any atom is -0.465 e. The standard InChI is InChI=1S/C19H19NO3/c1-13-5-4-6-15(11-13)8-10-18(21)20-17-12-16(19(22)23-3)9-7-14(17)2/h4-12H,1-3H3,(H,20,21)/b10-8+. The van der Waals surface area contributed by atoms with Crippen molar-refractivity contribution >= 4 is 23.6 Å². The number of amides is 1. The van der Waals surface area contributed by atoms with E-state index in [4.69, 9.17) is 0 Å². The van der Waals surface area contributed by atoms with Crippen LogP contribution in [0, 0.1) is 13.8 Å². The van der Waals surface area contributed by atoms with Crippen LogP contribution in [0.25, 0.3) is 6.08 Å². The maximum atomic E-state index is 12.1. The van der Waals surface area contributed by atoms with E-state index in [-0.39, 0.29) is 5.91 Å². The topological polar surface area (TPSA) is 55.4 Å². The summed E-state index contributed by atoms with van der Waals surface area (Å²) in [7, 11) is 1.32. The van der Waals surface area contributed by atoms with E-state index in [9.17, 15) is 9.59 Å². The van der Waals surface area contributed by atoms with E-state index in [1.54, 1.807) is 24.3 Å². The third-order valence-corrected chi connectivity index (χ3v) is 3.39. The molecule has 0 saturated heterocycles. The van der Waals surface area contributed by atoms with Crippen molar-refractivity contribution in [1.82, 2.24) is 0 Å². The van der Waals surface area contributed by atoms with Gasteiger partial charge in [-0.25, -0.2) is 4.79 Å². The van der Waals surface area contributed by atoms with Crippen LogP contribution in [0.15, 0.2) is 48.5 Å². The lowest BCUT2D eigenvalue weighted by atomic mass is 10.1. The minimum atomic E-state index is -0.434. The zero-order valence-electron chi connectivity index (χ0n) is 13.4. The molecule has 0 aliphatic heterocycles. The number of ether oxygens (including phenoxy) is 1. The minimum absolute atomic E-state index is 0.253. The van der Waals surface area contributed by atoms with Crippen LogP contribution >= 0.6 is 0 Å². The Morgan fingerprint density at radius 2 is 1.87 bits per heavy atom. The number of rotatable bonds is 4. The Balaban J connectivity index is 2.12. The molecule has 4 heteroatoms. The summed E-state index contributed by atoms with van der Waals surface area (Å²) in [6.45, 7) is 3.86. The summed E-state index contributed by atoms with van der Waals surface area (Å²) in [5, 5.41) is 2.78. The lowest BCUT2D eigenvalue weighted by Gasteiger charge is -2.08. The van der Waals surface area contributed by atoms with Crippen LogP contribution in [0.4, 0.5) is 5.69 Å². The fraction of sp³-hybridized carbons (Fsp3) is 0.158. The Hall–Kier alpha value is -2.88. The van der Waals surface area contributed by atoms with Crippen molar-refractivity contribution in [2.75, 3.05) is 12.4 Å². The van der Waals surface area contributed by atoms with Gasteiger partial charge in [-0.15, -0.1) is 0 Å². The van der Waals surface area contributed by atoms with Gasteiger partial charge in [0.05, 0.1) is 12.7 Å². The number of hydrogen-bond donors (Lipinski definition) is 1. The van der Waals surface area contributed by atoms with E-state index < -0.39 is 5.97 Å². The second-order valence-electron chi connectivity index (χ2n) is 5.26. The first-order valence-electron chi connectivity index (χ1n) is 7.24. The van der Waals surface area contributed by atoms with Crippen molar-refractivity contribution in [3.8, 4) is 0 Å². The molecule has 0 aliphatic rings. The quantitative estimate of drug-likeness (QED) is 0.691. The molecule has 23 heavy (non-hydrogen) atoms. The molecule has 1 amide bonds. The van der Waals surface area contributed by atoms with E-state index in [2.05, 4.69) is 10.1 Å². The molecule has 2 rings (SSSR count). The van der Waals surface area contributed by atoms with Gasteiger partial charge < -0.3 is 10.1 Å². The van der Waals surface area contributed by atoms with Crippen molar-refractivity contribution in [2.24, 2.45) is 0 Å². The number of anilines is 1. The fourth-order valence-electron chi connectivity index (χ4n) is 2.12. The van der Waals surface area contributed by atoms with Crippen LogP contribution in [0.1, 0.15) is 27.0 Å².